The number of fused-ring (bicyclic) bond motifs is 5. The van der Waals surface area contributed by atoms with Crippen molar-refractivity contribution in [3.05, 3.63) is 51.3 Å². The van der Waals surface area contributed by atoms with Gasteiger partial charge >= 0.3 is 0 Å². The van der Waals surface area contributed by atoms with E-state index in [1.54, 1.807) is 0 Å². The second-order valence-corrected chi connectivity index (χ2v) is 8.59. The molecule has 3 aliphatic carbocycles. The average Bonchev–Trinajstić information content (AvgIpc) is 3.25. The largest absolute Gasteiger partial charge is 0.511 e. The van der Waals surface area contributed by atoms with Crippen molar-refractivity contribution < 1.29 is 9.90 Å². The van der Waals surface area contributed by atoms with Gasteiger partial charge in [0.1, 0.15) is 5.76 Å². The van der Waals surface area contributed by atoms with E-state index in [0.717, 1.165) is 31.2 Å². The summed E-state index contributed by atoms with van der Waals surface area (Å²) in [6.07, 6.45) is 3.99. The average molecular weight is 351 g/mol. The highest BCUT2D eigenvalue weighted by atomic mass is 16.3. The van der Waals surface area contributed by atoms with Crippen LogP contribution in [-0.2, 0) is 17.6 Å². The third kappa shape index (κ3) is 2.20. The molecule has 4 atom stereocenters. The van der Waals surface area contributed by atoms with Crippen molar-refractivity contribution in [2.24, 2.45) is 23.7 Å². The lowest BCUT2D eigenvalue weighted by Gasteiger charge is -2.22. The summed E-state index contributed by atoms with van der Waals surface area (Å²) in [6, 6.07) is 4.37. The van der Waals surface area contributed by atoms with Gasteiger partial charge in [-0.25, -0.2) is 0 Å². The fraction of sp³-hybridized carbons (Fsp3) is 0.542. The lowest BCUT2D eigenvalue weighted by atomic mass is 9.80. The number of rotatable bonds is 3. The minimum atomic E-state index is -0.0237. The third-order valence-electron chi connectivity index (χ3n) is 7.00. The first kappa shape index (κ1) is 17.6. The maximum absolute atomic E-state index is 13.5. The molecule has 4 rings (SSSR count). The Morgan fingerprint density at radius 3 is 2.04 bits per heavy atom. The fourth-order valence-electron chi connectivity index (χ4n) is 6.17. The van der Waals surface area contributed by atoms with Gasteiger partial charge < -0.3 is 5.11 Å². The van der Waals surface area contributed by atoms with Crippen LogP contribution >= 0.6 is 0 Å². The molecular formula is C24H30O2. The van der Waals surface area contributed by atoms with Gasteiger partial charge in [-0.1, -0.05) is 42.7 Å². The van der Waals surface area contributed by atoms with E-state index >= 15 is 0 Å². The number of ketones is 1. The van der Waals surface area contributed by atoms with E-state index < -0.39 is 0 Å². The van der Waals surface area contributed by atoms with Gasteiger partial charge in [0, 0.05) is 11.8 Å². The molecule has 0 aliphatic heterocycles. The molecule has 2 heteroatoms. The van der Waals surface area contributed by atoms with Crippen molar-refractivity contribution in [1.29, 1.82) is 0 Å². The number of allylic oxidation sites excluding steroid dienone is 4. The quantitative estimate of drug-likeness (QED) is 0.723. The minimum Gasteiger partial charge on any atom is -0.511 e. The first-order chi connectivity index (χ1) is 12.4. The molecule has 0 radical (unpaired) electrons. The molecule has 0 heterocycles. The first-order valence-corrected chi connectivity index (χ1v) is 10.2. The Hall–Kier alpha value is -1.83. The molecule has 26 heavy (non-hydrogen) atoms. The van der Waals surface area contributed by atoms with Crippen LogP contribution in [-0.4, -0.2) is 10.9 Å². The fourth-order valence-corrected chi connectivity index (χ4v) is 6.17. The van der Waals surface area contributed by atoms with Crippen LogP contribution in [0, 0.1) is 30.6 Å². The van der Waals surface area contributed by atoms with Gasteiger partial charge in [0.05, 0.1) is 5.57 Å². The number of benzene rings is 1. The topological polar surface area (TPSA) is 37.3 Å². The molecule has 0 amide bonds. The molecule has 1 N–H and O–H groups in total. The maximum atomic E-state index is 13.5. The molecule has 2 nitrogen and oxygen atoms in total. The Labute approximate surface area is 157 Å². The van der Waals surface area contributed by atoms with Gasteiger partial charge in [-0.15, -0.1) is 0 Å². The molecule has 138 valence electrons. The monoisotopic (exact) mass is 350 g/mol. The van der Waals surface area contributed by atoms with Gasteiger partial charge in [-0.05, 0) is 75.0 Å². The number of hydrogen-bond acceptors (Lipinski definition) is 2. The van der Waals surface area contributed by atoms with Crippen LogP contribution in [0.3, 0.4) is 0 Å². The van der Waals surface area contributed by atoms with Crippen LogP contribution in [0.15, 0.2) is 29.0 Å². The van der Waals surface area contributed by atoms with Crippen molar-refractivity contribution in [1.82, 2.24) is 0 Å². The summed E-state index contributed by atoms with van der Waals surface area (Å²) in [4.78, 5) is 13.5. The second-order valence-electron chi connectivity index (χ2n) is 8.59. The summed E-state index contributed by atoms with van der Waals surface area (Å²) in [5.41, 5.74) is 8.15. The van der Waals surface area contributed by atoms with Gasteiger partial charge in [0.25, 0.3) is 0 Å². The maximum Gasteiger partial charge on any atom is 0.171 e. The number of aliphatic hydroxyl groups excluding tert-OH is 1. The highest BCUT2D eigenvalue weighted by Gasteiger charge is 2.60. The summed E-state index contributed by atoms with van der Waals surface area (Å²) in [7, 11) is 0. The van der Waals surface area contributed by atoms with Crippen LogP contribution < -0.4 is 0 Å². The lowest BCUT2D eigenvalue weighted by molar-refractivity contribution is -0.118. The highest BCUT2D eigenvalue weighted by molar-refractivity contribution is 6.26. The van der Waals surface area contributed by atoms with E-state index in [-0.39, 0.29) is 17.6 Å². The van der Waals surface area contributed by atoms with Gasteiger partial charge in [0.15, 0.2) is 5.78 Å². The first-order valence-electron chi connectivity index (χ1n) is 10.2. The van der Waals surface area contributed by atoms with Crippen LogP contribution in [0.25, 0.3) is 5.57 Å². The van der Waals surface area contributed by atoms with Crippen LogP contribution in [0.2, 0.25) is 0 Å². The van der Waals surface area contributed by atoms with Crippen molar-refractivity contribution in [2.45, 2.75) is 60.3 Å². The summed E-state index contributed by atoms with van der Waals surface area (Å²) in [6.45, 7) is 10.7. The molecule has 0 aromatic heterocycles. The predicted molar refractivity (Wildman–Crippen MR) is 106 cm³/mol. The van der Waals surface area contributed by atoms with Crippen LogP contribution in [0.4, 0.5) is 0 Å². The summed E-state index contributed by atoms with van der Waals surface area (Å²) in [5, 5.41) is 11.3. The summed E-state index contributed by atoms with van der Waals surface area (Å²) in [5.74, 6) is 1.31. The van der Waals surface area contributed by atoms with E-state index in [4.69, 9.17) is 0 Å². The number of carbonyl (C=O) groups is 1. The van der Waals surface area contributed by atoms with E-state index in [0.29, 0.717) is 23.2 Å². The zero-order valence-corrected chi connectivity index (χ0v) is 16.6. The SMILES string of the molecule is CCc1cc(C)cc(CC)c1C1=C(O)[C@@H]2[C@H](C1=O)[C@@H]1CC[C@H]2C1=C(C)C. The summed E-state index contributed by atoms with van der Waals surface area (Å²) < 4.78 is 0. The molecule has 3 aliphatic rings. The number of hydrogen-bond donors (Lipinski definition) is 1. The second kappa shape index (κ2) is 6.11. The molecular weight excluding hydrogens is 320 g/mol. The van der Waals surface area contributed by atoms with Gasteiger partial charge in [0.2, 0.25) is 0 Å². The Balaban J connectivity index is 1.90. The molecule has 1 aromatic carbocycles. The Morgan fingerprint density at radius 1 is 1.04 bits per heavy atom. The van der Waals surface area contributed by atoms with E-state index in [1.165, 1.54) is 27.8 Å². The van der Waals surface area contributed by atoms with E-state index in [9.17, 15) is 9.90 Å². The Kier molecular flexibility index (Phi) is 4.13. The number of aliphatic hydroxyl groups is 1. The van der Waals surface area contributed by atoms with Crippen LogP contribution in [0.5, 0.6) is 0 Å². The highest BCUT2D eigenvalue weighted by Crippen LogP contribution is 2.63. The predicted octanol–water partition coefficient (Wildman–Crippen LogP) is 5.58. The van der Waals surface area contributed by atoms with E-state index in [1.807, 2.05) is 0 Å². The van der Waals surface area contributed by atoms with Crippen molar-refractivity contribution >= 4 is 11.4 Å². The Morgan fingerprint density at radius 2 is 1.58 bits per heavy atom. The van der Waals surface area contributed by atoms with Gasteiger partial charge in [-0.3, -0.25) is 4.79 Å². The van der Waals surface area contributed by atoms with Gasteiger partial charge in [-0.2, -0.15) is 0 Å². The third-order valence-corrected chi connectivity index (χ3v) is 7.00. The number of Topliss-reactive ketones (excluding diaryl/α,β-unsaturated/α-hetero) is 1. The van der Waals surface area contributed by atoms with Crippen molar-refractivity contribution in [3.8, 4) is 0 Å². The summed E-state index contributed by atoms with van der Waals surface area (Å²) >= 11 is 0. The zero-order chi connectivity index (χ0) is 18.7. The molecule has 1 aromatic rings. The molecule has 0 unspecified atom stereocenters. The standard InChI is InChI=1S/C24H30O2/c1-6-14-10-13(5)11-15(7-2)19(14)22-23(25)20-16-8-9-17(18(16)12(3)4)21(20)24(22)26/h10-11,16-17,20-21,25H,6-9H2,1-5H3/t16-,17+,20-,21+/m0/s1. The minimum absolute atomic E-state index is 0.0237. The Bertz CT molecular complexity index is 826. The molecule has 0 saturated heterocycles. The van der Waals surface area contributed by atoms with Crippen LogP contribution in [0.1, 0.15) is 62.8 Å². The molecule has 2 fully saturated rings. The van der Waals surface area contributed by atoms with Crippen molar-refractivity contribution in [3.63, 3.8) is 0 Å². The zero-order valence-electron chi connectivity index (χ0n) is 16.6. The van der Waals surface area contributed by atoms with E-state index in [2.05, 4.69) is 46.8 Å². The lowest BCUT2D eigenvalue weighted by Crippen LogP contribution is -2.24. The number of carbonyl (C=O) groups excluding carboxylic acids is 1. The number of aryl methyl sites for hydroxylation is 3. The molecule has 0 spiro atoms. The normalized spacial score (nSPS) is 29.7. The molecule has 2 bridgehead atoms. The van der Waals surface area contributed by atoms with Crippen molar-refractivity contribution in [2.75, 3.05) is 0 Å². The smallest absolute Gasteiger partial charge is 0.171 e. The molecule has 2 saturated carbocycles.